The van der Waals surface area contributed by atoms with Crippen molar-refractivity contribution in [2.45, 2.75) is 39.2 Å². The summed E-state index contributed by atoms with van der Waals surface area (Å²) >= 11 is 0. The fourth-order valence-corrected chi connectivity index (χ4v) is 1.93. The first-order valence-corrected chi connectivity index (χ1v) is 5.49. The van der Waals surface area contributed by atoms with Gasteiger partial charge in [-0.15, -0.1) is 0 Å². The van der Waals surface area contributed by atoms with Crippen molar-refractivity contribution >= 4 is 5.82 Å². The molecule has 2 rings (SSSR count). The Morgan fingerprint density at radius 3 is 3.14 bits per heavy atom. The molecule has 2 heteroatoms. The van der Waals surface area contributed by atoms with Crippen molar-refractivity contribution < 1.29 is 0 Å². The van der Waals surface area contributed by atoms with Gasteiger partial charge in [0.1, 0.15) is 5.82 Å². The van der Waals surface area contributed by atoms with Gasteiger partial charge in [0.25, 0.3) is 0 Å². The summed E-state index contributed by atoms with van der Waals surface area (Å²) in [6, 6.07) is 4.77. The lowest BCUT2D eigenvalue weighted by Crippen LogP contribution is -2.07. The fraction of sp³-hybridized carbons (Fsp3) is 0.583. The van der Waals surface area contributed by atoms with Gasteiger partial charge in [-0.1, -0.05) is 19.4 Å². The van der Waals surface area contributed by atoms with E-state index in [9.17, 15) is 0 Å². The van der Waals surface area contributed by atoms with Gasteiger partial charge in [0.05, 0.1) is 0 Å². The second-order valence-corrected chi connectivity index (χ2v) is 4.20. The van der Waals surface area contributed by atoms with E-state index in [1.807, 2.05) is 12.3 Å². The zero-order valence-electron chi connectivity index (χ0n) is 8.96. The van der Waals surface area contributed by atoms with Gasteiger partial charge in [-0.05, 0) is 37.3 Å². The molecular formula is C12H18N2. The summed E-state index contributed by atoms with van der Waals surface area (Å²) in [5.74, 6) is 1.96. The van der Waals surface area contributed by atoms with Gasteiger partial charge in [-0.2, -0.15) is 0 Å². The van der Waals surface area contributed by atoms with Crippen LogP contribution in [0.4, 0.5) is 5.82 Å². The Balaban J connectivity index is 1.90. The number of hydrogen-bond donors (Lipinski definition) is 1. The smallest absolute Gasteiger partial charge is 0.129 e. The van der Waals surface area contributed by atoms with Gasteiger partial charge in [-0.25, -0.2) is 4.98 Å². The molecular weight excluding hydrogens is 172 g/mol. The largest absolute Gasteiger partial charge is 0.367 e. The highest BCUT2D eigenvalue weighted by Gasteiger charge is 2.36. The number of aromatic nitrogens is 1. The van der Waals surface area contributed by atoms with Gasteiger partial charge in [0.2, 0.25) is 0 Å². The maximum atomic E-state index is 4.34. The van der Waals surface area contributed by atoms with E-state index in [-0.39, 0.29) is 0 Å². The predicted molar refractivity (Wildman–Crippen MR) is 59.4 cm³/mol. The number of hydrogen-bond acceptors (Lipinski definition) is 2. The second kappa shape index (κ2) is 3.99. The molecule has 14 heavy (non-hydrogen) atoms. The molecule has 1 N–H and O–H groups in total. The van der Waals surface area contributed by atoms with E-state index < -0.39 is 0 Å². The molecule has 0 radical (unpaired) electrons. The van der Waals surface area contributed by atoms with Crippen LogP contribution in [0.5, 0.6) is 0 Å². The Hall–Kier alpha value is -1.05. The molecule has 0 amide bonds. The van der Waals surface area contributed by atoms with Crippen LogP contribution >= 0.6 is 0 Å². The number of rotatable bonds is 4. The predicted octanol–water partition coefficient (Wildman–Crippen LogP) is 2.99. The summed E-state index contributed by atoms with van der Waals surface area (Å²) in [5, 5.41) is 3.51. The van der Waals surface area contributed by atoms with Crippen LogP contribution < -0.4 is 5.32 Å². The molecule has 0 spiro atoms. The first-order valence-electron chi connectivity index (χ1n) is 5.49. The Morgan fingerprint density at radius 2 is 2.43 bits per heavy atom. The average Bonchev–Trinajstić information content (AvgIpc) is 2.89. The van der Waals surface area contributed by atoms with E-state index >= 15 is 0 Å². The van der Waals surface area contributed by atoms with Crippen LogP contribution in [0.1, 0.15) is 31.7 Å². The summed E-state index contributed by atoms with van der Waals surface area (Å²) in [5.41, 5.74) is 1.25. The second-order valence-electron chi connectivity index (χ2n) is 4.20. The maximum Gasteiger partial charge on any atom is 0.129 e. The van der Waals surface area contributed by atoms with Crippen LogP contribution in [0, 0.1) is 12.8 Å². The lowest BCUT2D eigenvalue weighted by Gasteiger charge is -2.06. The Kier molecular flexibility index (Phi) is 2.71. The SMILES string of the molecule is CCCC1CC1Nc1ncccc1C. The molecule has 1 aliphatic carbocycles. The number of nitrogens with zero attached hydrogens (tertiary/aromatic N) is 1. The monoisotopic (exact) mass is 190 g/mol. The van der Waals surface area contributed by atoms with Gasteiger partial charge >= 0.3 is 0 Å². The van der Waals surface area contributed by atoms with Crippen molar-refractivity contribution in [1.82, 2.24) is 4.98 Å². The first kappa shape index (κ1) is 9.50. The van der Waals surface area contributed by atoms with Crippen LogP contribution in [0.3, 0.4) is 0 Å². The molecule has 1 fully saturated rings. The highest BCUT2D eigenvalue weighted by molar-refractivity contribution is 5.44. The molecule has 2 unspecified atom stereocenters. The van der Waals surface area contributed by atoms with Crippen LogP contribution in [0.25, 0.3) is 0 Å². The number of nitrogens with one attached hydrogen (secondary N) is 1. The molecule has 0 saturated heterocycles. The van der Waals surface area contributed by atoms with Crippen LogP contribution in [-0.2, 0) is 0 Å². The fourth-order valence-electron chi connectivity index (χ4n) is 1.93. The number of anilines is 1. The van der Waals surface area contributed by atoms with Gasteiger partial charge in [0.15, 0.2) is 0 Å². The molecule has 1 saturated carbocycles. The third-order valence-electron chi connectivity index (χ3n) is 2.91. The molecule has 1 aliphatic rings. The van der Waals surface area contributed by atoms with Gasteiger partial charge in [0, 0.05) is 12.2 Å². The van der Waals surface area contributed by atoms with Crippen molar-refractivity contribution in [2.75, 3.05) is 5.32 Å². The standard InChI is InChI=1S/C12H18N2/c1-3-5-10-8-11(10)14-12-9(2)6-4-7-13-12/h4,6-7,10-11H,3,5,8H2,1-2H3,(H,13,14). The average molecular weight is 190 g/mol. The Bertz CT molecular complexity index is 309. The van der Waals surface area contributed by atoms with Crippen molar-refractivity contribution in [2.24, 2.45) is 5.92 Å². The summed E-state index contributed by atoms with van der Waals surface area (Å²) in [7, 11) is 0. The van der Waals surface area contributed by atoms with E-state index in [2.05, 4.69) is 30.2 Å². The molecule has 1 aromatic heterocycles. The Morgan fingerprint density at radius 1 is 1.57 bits per heavy atom. The minimum Gasteiger partial charge on any atom is -0.367 e. The molecule has 0 aromatic carbocycles. The Labute approximate surface area is 85.7 Å². The van der Waals surface area contributed by atoms with E-state index in [1.165, 1.54) is 24.8 Å². The van der Waals surface area contributed by atoms with Crippen molar-refractivity contribution in [3.05, 3.63) is 23.9 Å². The van der Waals surface area contributed by atoms with Crippen molar-refractivity contribution in [3.8, 4) is 0 Å². The van der Waals surface area contributed by atoms with E-state index in [1.54, 1.807) is 0 Å². The van der Waals surface area contributed by atoms with Crippen LogP contribution in [0.15, 0.2) is 18.3 Å². The lowest BCUT2D eigenvalue weighted by molar-refractivity contribution is 0.692. The zero-order valence-corrected chi connectivity index (χ0v) is 8.96. The van der Waals surface area contributed by atoms with Crippen molar-refractivity contribution in [1.29, 1.82) is 0 Å². The molecule has 1 heterocycles. The summed E-state index contributed by atoms with van der Waals surface area (Å²) in [6.07, 6.45) is 5.82. The summed E-state index contributed by atoms with van der Waals surface area (Å²) in [6.45, 7) is 4.36. The van der Waals surface area contributed by atoms with Gasteiger partial charge in [-0.3, -0.25) is 0 Å². The maximum absolute atomic E-state index is 4.34. The van der Waals surface area contributed by atoms with Crippen molar-refractivity contribution in [3.63, 3.8) is 0 Å². The molecule has 2 atom stereocenters. The first-order chi connectivity index (χ1) is 6.81. The van der Waals surface area contributed by atoms with Crippen LogP contribution in [0.2, 0.25) is 0 Å². The van der Waals surface area contributed by atoms with Crippen LogP contribution in [-0.4, -0.2) is 11.0 Å². The van der Waals surface area contributed by atoms with E-state index in [0.29, 0.717) is 6.04 Å². The highest BCUT2D eigenvalue weighted by Crippen LogP contribution is 2.37. The highest BCUT2D eigenvalue weighted by atomic mass is 15.0. The summed E-state index contributed by atoms with van der Waals surface area (Å²) < 4.78 is 0. The normalized spacial score (nSPS) is 24.7. The van der Waals surface area contributed by atoms with E-state index in [4.69, 9.17) is 0 Å². The third kappa shape index (κ3) is 2.06. The molecule has 0 bridgehead atoms. The van der Waals surface area contributed by atoms with E-state index in [0.717, 1.165) is 11.7 Å². The topological polar surface area (TPSA) is 24.9 Å². The minimum atomic E-state index is 0.684. The van der Waals surface area contributed by atoms with Gasteiger partial charge < -0.3 is 5.32 Å². The molecule has 2 nitrogen and oxygen atoms in total. The number of pyridine rings is 1. The minimum absolute atomic E-state index is 0.684. The lowest BCUT2D eigenvalue weighted by atomic mass is 10.2. The molecule has 0 aliphatic heterocycles. The summed E-state index contributed by atoms with van der Waals surface area (Å²) in [4.78, 5) is 4.34. The molecule has 76 valence electrons. The zero-order chi connectivity index (χ0) is 9.97. The number of aryl methyl sites for hydroxylation is 1. The quantitative estimate of drug-likeness (QED) is 0.789. The third-order valence-corrected chi connectivity index (χ3v) is 2.91. The molecule has 1 aromatic rings.